The van der Waals surface area contributed by atoms with Crippen LogP contribution in [0.4, 0.5) is 0 Å². The number of carbonyl (C=O) groups is 3. The molecule has 0 aromatic carbocycles. The minimum atomic E-state index is -0.319. The maximum absolute atomic E-state index is 12.7. The first-order chi connectivity index (χ1) is 15.0. The molecule has 9 heteroatoms. The number of morpholine rings is 1. The molecular weight excluding hydrogens is 402 g/mol. The number of carboxylic acid groups (broad SMARTS) is 1. The van der Waals surface area contributed by atoms with Gasteiger partial charge in [0.15, 0.2) is 0 Å². The van der Waals surface area contributed by atoms with E-state index < -0.39 is 0 Å². The number of nitrogens with zero attached hydrogens (tertiary/aromatic N) is 3. The van der Waals surface area contributed by atoms with E-state index in [2.05, 4.69) is 4.90 Å². The lowest BCUT2D eigenvalue weighted by Crippen LogP contribution is -2.42. The van der Waals surface area contributed by atoms with Gasteiger partial charge < -0.3 is 24.7 Å². The van der Waals surface area contributed by atoms with Crippen LogP contribution >= 0.6 is 0 Å². The van der Waals surface area contributed by atoms with Gasteiger partial charge in [-0.3, -0.25) is 19.3 Å². The average Bonchev–Trinajstić information content (AvgIpc) is 3.48. The predicted octanol–water partition coefficient (Wildman–Crippen LogP) is 0.269. The second-order valence-corrected chi connectivity index (χ2v) is 9.43. The van der Waals surface area contributed by atoms with E-state index in [-0.39, 0.29) is 36.2 Å². The van der Waals surface area contributed by atoms with Gasteiger partial charge in [0.2, 0.25) is 11.8 Å². The molecule has 176 valence electrons. The molecule has 0 bridgehead atoms. The van der Waals surface area contributed by atoms with Crippen molar-refractivity contribution < 1.29 is 29.3 Å². The Morgan fingerprint density at radius 2 is 1.61 bits per heavy atom. The van der Waals surface area contributed by atoms with E-state index >= 15 is 0 Å². The van der Waals surface area contributed by atoms with Crippen molar-refractivity contribution in [1.29, 1.82) is 0 Å². The first kappa shape index (κ1) is 23.9. The Labute approximate surface area is 184 Å². The van der Waals surface area contributed by atoms with Gasteiger partial charge in [0, 0.05) is 70.0 Å². The number of hydrogen-bond donors (Lipinski definition) is 2. The van der Waals surface area contributed by atoms with Crippen LogP contribution in [0.2, 0.25) is 0 Å². The Bertz CT molecular complexity index is 620. The number of fused-ring (bicyclic) bond motifs is 1. The van der Waals surface area contributed by atoms with Crippen LogP contribution in [-0.4, -0.2) is 109 Å². The van der Waals surface area contributed by atoms with Gasteiger partial charge in [-0.25, -0.2) is 0 Å². The van der Waals surface area contributed by atoms with Crippen molar-refractivity contribution in [3.8, 4) is 0 Å². The molecule has 2 unspecified atom stereocenters. The molecule has 2 atom stereocenters. The lowest BCUT2D eigenvalue weighted by atomic mass is 9.82. The Morgan fingerprint density at radius 1 is 1.03 bits per heavy atom. The van der Waals surface area contributed by atoms with Crippen molar-refractivity contribution in [3.05, 3.63) is 0 Å². The standard InChI is InChI=1S/C21H35N3O4.CH2O2/c25-16-21-14-23(19(26)5-6-22-7-9-28-10-8-22)12-18(21)13-24(15-21)20(27)11-17-3-1-2-4-17;2-1-3/h17-18,25H,1-16H2;1H,(H,2,3). The molecule has 1 aliphatic carbocycles. The van der Waals surface area contributed by atoms with Crippen LogP contribution in [0, 0.1) is 17.3 Å². The quantitative estimate of drug-likeness (QED) is 0.572. The van der Waals surface area contributed by atoms with Crippen molar-refractivity contribution in [1.82, 2.24) is 14.7 Å². The SMILES string of the molecule is O=C(CCN1CCOCC1)N1CC2CN(C(=O)CC3CCCC3)CC2(CO)C1.O=CO. The van der Waals surface area contributed by atoms with Gasteiger partial charge in [-0.05, 0) is 18.8 Å². The Hall–Kier alpha value is -1.71. The highest BCUT2D eigenvalue weighted by molar-refractivity contribution is 5.78. The third-order valence-corrected chi connectivity index (χ3v) is 7.46. The van der Waals surface area contributed by atoms with Crippen LogP contribution in [0.5, 0.6) is 0 Å². The summed E-state index contributed by atoms with van der Waals surface area (Å²) in [4.78, 5) is 40.0. The smallest absolute Gasteiger partial charge is 0.290 e. The third-order valence-electron chi connectivity index (χ3n) is 7.46. The fourth-order valence-electron chi connectivity index (χ4n) is 5.61. The molecule has 3 heterocycles. The summed E-state index contributed by atoms with van der Waals surface area (Å²) in [7, 11) is 0. The molecule has 0 aromatic heterocycles. The summed E-state index contributed by atoms with van der Waals surface area (Å²) in [5, 5.41) is 17.0. The highest BCUT2D eigenvalue weighted by Gasteiger charge is 2.54. The van der Waals surface area contributed by atoms with Crippen LogP contribution in [-0.2, 0) is 19.1 Å². The molecule has 4 rings (SSSR count). The summed E-state index contributed by atoms with van der Waals surface area (Å²) in [5.74, 6) is 1.19. The monoisotopic (exact) mass is 439 g/mol. The van der Waals surface area contributed by atoms with Crippen LogP contribution in [0.1, 0.15) is 38.5 Å². The molecule has 3 aliphatic heterocycles. The molecule has 9 nitrogen and oxygen atoms in total. The van der Waals surface area contributed by atoms with E-state index in [9.17, 15) is 14.7 Å². The molecule has 3 saturated heterocycles. The highest BCUT2D eigenvalue weighted by atomic mass is 16.5. The van der Waals surface area contributed by atoms with Crippen LogP contribution in [0.25, 0.3) is 0 Å². The molecule has 1 saturated carbocycles. The minimum absolute atomic E-state index is 0.0537. The summed E-state index contributed by atoms with van der Waals surface area (Å²) in [6, 6.07) is 0. The number of aliphatic hydroxyl groups excluding tert-OH is 1. The van der Waals surface area contributed by atoms with Crippen LogP contribution in [0.15, 0.2) is 0 Å². The second-order valence-electron chi connectivity index (χ2n) is 9.43. The van der Waals surface area contributed by atoms with Gasteiger partial charge in [-0.1, -0.05) is 12.8 Å². The zero-order valence-corrected chi connectivity index (χ0v) is 18.4. The molecule has 2 N–H and O–H groups in total. The average molecular weight is 440 g/mol. The molecule has 2 amide bonds. The van der Waals surface area contributed by atoms with Crippen molar-refractivity contribution in [2.24, 2.45) is 17.3 Å². The fourth-order valence-corrected chi connectivity index (χ4v) is 5.61. The summed E-state index contributed by atoms with van der Waals surface area (Å²) >= 11 is 0. The maximum Gasteiger partial charge on any atom is 0.290 e. The maximum atomic E-state index is 12.7. The van der Waals surface area contributed by atoms with E-state index in [0.29, 0.717) is 44.9 Å². The van der Waals surface area contributed by atoms with Crippen molar-refractivity contribution in [2.45, 2.75) is 38.5 Å². The van der Waals surface area contributed by atoms with E-state index in [4.69, 9.17) is 14.6 Å². The van der Waals surface area contributed by atoms with Gasteiger partial charge >= 0.3 is 0 Å². The molecular formula is C22H37N3O6. The highest BCUT2D eigenvalue weighted by Crippen LogP contribution is 2.43. The number of hydrogen-bond acceptors (Lipinski definition) is 6. The fraction of sp³-hybridized carbons (Fsp3) is 0.864. The van der Waals surface area contributed by atoms with E-state index in [1.807, 2.05) is 9.80 Å². The van der Waals surface area contributed by atoms with E-state index in [1.165, 1.54) is 25.7 Å². The van der Waals surface area contributed by atoms with Gasteiger partial charge in [0.1, 0.15) is 0 Å². The van der Waals surface area contributed by atoms with Crippen molar-refractivity contribution >= 4 is 18.3 Å². The first-order valence-electron chi connectivity index (χ1n) is 11.6. The molecule has 0 radical (unpaired) electrons. The first-order valence-corrected chi connectivity index (χ1v) is 11.6. The zero-order valence-electron chi connectivity index (χ0n) is 18.4. The van der Waals surface area contributed by atoms with E-state index in [1.54, 1.807) is 0 Å². The lowest BCUT2D eigenvalue weighted by molar-refractivity contribution is -0.133. The molecule has 0 spiro atoms. The van der Waals surface area contributed by atoms with Gasteiger partial charge in [-0.15, -0.1) is 0 Å². The topological polar surface area (TPSA) is 111 Å². The molecule has 0 aromatic rings. The van der Waals surface area contributed by atoms with Gasteiger partial charge in [-0.2, -0.15) is 0 Å². The number of likely N-dealkylation sites (tertiary alicyclic amines) is 2. The lowest BCUT2D eigenvalue weighted by Gasteiger charge is -2.29. The summed E-state index contributed by atoms with van der Waals surface area (Å²) in [6.07, 6.45) is 6.06. The molecule has 4 fully saturated rings. The molecule has 31 heavy (non-hydrogen) atoms. The largest absolute Gasteiger partial charge is 0.483 e. The predicted molar refractivity (Wildman–Crippen MR) is 113 cm³/mol. The van der Waals surface area contributed by atoms with Gasteiger partial charge in [0.25, 0.3) is 6.47 Å². The third kappa shape index (κ3) is 5.96. The summed E-state index contributed by atoms with van der Waals surface area (Å²) in [5.41, 5.74) is -0.319. The Kier molecular flexibility index (Phi) is 8.68. The van der Waals surface area contributed by atoms with Crippen LogP contribution in [0.3, 0.4) is 0 Å². The van der Waals surface area contributed by atoms with Crippen molar-refractivity contribution in [2.75, 3.05) is 65.6 Å². The summed E-state index contributed by atoms with van der Waals surface area (Å²) < 4.78 is 5.36. The Balaban J connectivity index is 0.000000858. The van der Waals surface area contributed by atoms with Crippen molar-refractivity contribution in [3.63, 3.8) is 0 Å². The van der Waals surface area contributed by atoms with Gasteiger partial charge in [0.05, 0.1) is 19.8 Å². The number of aliphatic hydroxyl groups is 1. The Morgan fingerprint density at radius 3 is 2.16 bits per heavy atom. The second kappa shape index (κ2) is 11.2. The summed E-state index contributed by atoms with van der Waals surface area (Å²) in [6.45, 7) is 6.44. The number of ether oxygens (including phenoxy) is 1. The minimum Gasteiger partial charge on any atom is -0.483 e. The number of carbonyl (C=O) groups excluding carboxylic acids is 2. The molecule has 4 aliphatic rings. The number of amides is 2. The zero-order chi connectivity index (χ0) is 22.3. The normalized spacial score (nSPS) is 28.9. The van der Waals surface area contributed by atoms with Crippen LogP contribution < -0.4 is 0 Å². The number of rotatable bonds is 6. The van der Waals surface area contributed by atoms with E-state index in [0.717, 1.165) is 32.8 Å².